The number of amides is 1. The van der Waals surface area contributed by atoms with E-state index in [0.29, 0.717) is 6.54 Å². The van der Waals surface area contributed by atoms with Crippen LogP contribution in [-0.2, 0) is 10.2 Å². The van der Waals surface area contributed by atoms with Crippen LogP contribution in [0.4, 0.5) is 0 Å². The summed E-state index contributed by atoms with van der Waals surface area (Å²) in [6.45, 7) is 11.3. The summed E-state index contributed by atoms with van der Waals surface area (Å²) in [4.78, 5) is 11.3. The average Bonchev–Trinajstić information content (AvgIpc) is 2.30. The van der Waals surface area contributed by atoms with Crippen molar-refractivity contribution >= 4 is 18.5 Å². The van der Waals surface area contributed by atoms with Gasteiger partial charge in [0.15, 0.2) is 0 Å². The fraction of sp³-hybridized carbons (Fsp3) is 0.533. The molecule has 2 nitrogen and oxygen atoms in total. The molecular weight excluding hydrogens is 242 g/mol. The molecule has 0 radical (unpaired) electrons. The molecule has 0 atom stereocenters. The van der Waals surface area contributed by atoms with Crippen LogP contribution in [0.25, 0.3) is 0 Å². The van der Waals surface area contributed by atoms with Crippen LogP contribution in [0, 0.1) is 20.8 Å². The van der Waals surface area contributed by atoms with Gasteiger partial charge in [-0.2, -0.15) is 12.6 Å². The van der Waals surface area contributed by atoms with Crippen LogP contribution in [0.2, 0.25) is 0 Å². The molecule has 0 saturated heterocycles. The molecule has 0 fully saturated rings. The van der Waals surface area contributed by atoms with Gasteiger partial charge >= 0.3 is 0 Å². The van der Waals surface area contributed by atoms with Gasteiger partial charge in [-0.25, -0.2) is 0 Å². The van der Waals surface area contributed by atoms with Crippen molar-refractivity contribution in [2.24, 2.45) is 0 Å². The highest BCUT2D eigenvalue weighted by molar-refractivity contribution is 7.81. The zero-order valence-electron chi connectivity index (χ0n) is 11.9. The summed E-state index contributed by atoms with van der Waals surface area (Å²) in [5.74, 6) is 0.218. The van der Waals surface area contributed by atoms with Gasteiger partial charge in [0.05, 0.1) is 5.75 Å². The number of benzene rings is 1. The smallest absolute Gasteiger partial charge is 0.229 e. The summed E-state index contributed by atoms with van der Waals surface area (Å²) in [7, 11) is 0. The van der Waals surface area contributed by atoms with Crippen LogP contribution >= 0.6 is 12.6 Å². The summed E-state index contributed by atoms with van der Waals surface area (Å²) in [5.41, 5.74) is 5.12. The molecule has 0 heterocycles. The number of thiol groups is 1. The SMILES string of the molecule is Cc1cc(C)c(C(C)(C)CNC(=O)CS)cc1C. The molecule has 0 spiro atoms. The maximum absolute atomic E-state index is 11.3. The van der Waals surface area contributed by atoms with Crippen LogP contribution in [0.1, 0.15) is 36.1 Å². The number of carbonyl (C=O) groups excluding carboxylic acids is 1. The number of hydrogen-bond acceptors (Lipinski definition) is 2. The lowest BCUT2D eigenvalue weighted by molar-refractivity contribution is -0.118. The third-order valence-corrected chi connectivity index (χ3v) is 3.73. The topological polar surface area (TPSA) is 29.1 Å². The molecule has 1 amide bonds. The molecule has 1 N–H and O–H groups in total. The van der Waals surface area contributed by atoms with E-state index in [-0.39, 0.29) is 17.1 Å². The number of hydrogen-bond donors (Lipinski definition) is 2. The third-order valence-electron chi connectivity index (χ3n) is 3.44. The minimum Gasteiger partial charge on any atom is -0.355 e. The van der Waals surface area contributed by atoms with Crippen molar-refractivity contribution in [3.8, 4) is 0 Å². The highest BCUT2D eigenvalue weighted by Crippen LogP contribution is 2.28. The molecule has 100 valence electrons. The van der Waals surface area contributed by atoms with Gasteiger partial charge in [-0.05, 0) is 43.0 Å². The average molecular weight is 265 g/mol. The monoisotopic (exact) mass is 265 g/mol. The highest BCUT2D eigenvalue weighted by atomic mass is 32.1. The first-order valence-corrected chi connectivity index (χ1v) is 6.87. The first-order chi connectivity index (χ1) is 8.27. The van der Waals surface area contributed by atoms with Crippen molar-refractivity contribution in [1.82, 2.24) is 5.32 Å². The van der Waals surface area contributed by atoms with E-state index in [9.17, 15) is 4.79 Å². The summed E-state index contributed by atoms with van der Waals surface area (Å²) in [6, 6.07) is 4.45. The fourth-order valence-electron chi connectivity index (χ4n) is 2.16. The van der Waals surface area contributed by atoms with E-state index in [0.717, 1.165) is 0 Å². The van der Waals surface area contributed by atoms with E-state index in [4.69, 9.17) is 0 Å². The lowest BCUT2D eigenvalue weighted by Crippen LogP contribution is -2.37. The molecule has 18 heavy (non-hydrogen) atoms. The molecule has 0 aliphatic heterocycles. The van der Waals surface area contributed by atoms with Gasteiger partial charge in [0.25, 0.3) is 0 Å². The van der Waals surface area contributed by atoms with E-state index in [1.165, 1.54) is 22.3 Å². The van der Waals surface area contributed by atoms with Gasteiger partial charge in [0.1, 0.15) is 0 Å². The second-order valence-corrected chi connectivity index (χ2v) is 5.89. The van der Waals surface area contributed by atoms with Crippen LogP contribution in [0.3, 0.4) is 0 Å². The molecule has 0 bridgehead atoms. The predicted octanol–water partition coefficient (Wildman–Crippen LogP) is 2.94. The molecule has 1 aromatic carbocycles. The molecule has 0 aromatic heterocycles. The standard InChI is InChI=1S/C15H23NOS/c1-10-6-12(3)13(7-11(10)2)15(4,5)9-16-14(17)8-18/h6-7,18H,8-9H2,1-5H3,(H,16,17). The fourth-order valence-corrected chi connectivity index (χ4v) is 2.27. The lowest BCUT2D eigenvalue weighted by Gasteiger charge is -2.28. The molecular formula is C15H23NOS. The van der Waals surface area contributed by atoms with Crippen LogP contribution in [0.15, 0.2) is 12.1 Å². The second-order valence-electron chi connectivity index (χ2n) is 5.57. The Kier molecular flexibility index (Phi) is 4.85. The minimum atomic E-state index is -0.0683. The predicted molar refractivity (Wildman–Crippen MR) is 80.5 cm³/mol. The van der Waals surface area contributed by atoms with Gasteiger partial charge in [0.2, 0.25) is 5.91 Å². The Morgan fingerprint density at radius 2 is 1.72 bits per heavy atom. The Bertz CT molecular complexity index is 452. The Hall–Kier alpha value is -0.960. The molecule has 0 unspecified atom stereocenters. The summed E-state index contributed by atoms with van der Waals surface area (Å²) >= 11 is 3.97. The maximum Gasteiger partial charge on any atom is 0.229 e. The summed E-state index contributed by atoms with van der Waals surface area (Å²) < 4.78 is 0. The molecule has 3 heteroatoms. The van der Waals surface area contributed by atoms with Crippen molar-refractivity contribution in [3.05, 3.63) is 34.4 Å². The Morgan fingerprint density at radius 1 is 1.17 bits per heavy atom. The number of carbonyl (C=O) groups is 1. The van der Waals surface area contributed by atoms with E-state index >= 15 is 0 Å². The Labute approximate surface area is 116 Å². The summed E-state index contributed by atoms with van der Waals surface area (Å²) in [5, 5.41) is 2.92. The van der Waals surface area contributed by atoms with Crippen molar-refractivity contribution < 1.29 is 4.79 Å². The lowest BCUT2D eigenvalue weighted by atomic mass is 9.80. The minimum absolute atomic E-state index is 0.0205. The van der Waals surface area contributed by atoms with Gasteiger partial charge in [-0.1, -0.05) is 26.0 Å². The van der Waals surface area contributed by atoms with Gasteiger partial charge in [0, 0.05) is 12.0 Å². The van der Waals surface area contributed by atoms with E-state index in [1.807, 2.05) is 0 Å². The van der Waals surface area contributed by atoms with Crippen molar-refractivity contribution in [2.75, 3.05) is 12.3 Å². The van der Waals surface area contributed by atoms with Crippen LogP contribution < -0.4 is 5.32 Å². The zero-order valence-corrected chi connectivity index (χ0v) is 12.8. The van der Waals surface area contributed by atoms with E-state index in [2.05, 4.69) is 64.7 Å². The number of aryl methyl sites for hydroxylation is 3. The number of rotatable bonds is 4. The largest absolute Gasteiger partial charge is 0.355 e. The van der Waals surface area contributed by atoms with Crippen LogP contribution in [-0.4, -0.2) is 18.2 Å². The molecule has 1 aromatic rings. The zero-order chi connectivity index (χ0) is 13.9. The number of nitrogens with one attached hydrogen (secondary N) is 1. The maximum atomic E-state index is 11.3. The van der Waals surface area contributed by atoms with Gasteiger partial charge < -0.3 is 5.32 Å². The van der Waals surface area contributed by atoms with Gasteiger partial charge in [-0.3, -0.25) is 4.79 Å². The molecule has 1 rings (SSSR count). The first kappa shape index (κ1) is 15.1. The molecule has 0 aliphatic carbocycles. The van der Waals surface area contributed by atoms with Gasteiger partial charge in [-0.15, -0.1) is 0 Å². The highest BCUT2D eigenvalue weighted by Gasteiger charge is 2.23. The summed E-state index contributed by atoms with van der Waals surface area (Å²) in [6.07, 6.45) is 0. The van der Waals surface area contributed by atoms with Crippen LogP contribution in [0.5, 0.6) is 0 Å². The Balaban J connectivity index is 2.97. The molecule has 0 saturated carbocycles. The molecule has 0 aliphatic rings. The first-order valence-electron chi connectivity index (χ1n) is 6.24. The van der Waals surface area contributed by atoms with Crippen molar-refractivity contribution in [3.63, 3.8) is 0 Å². The van der Waals surface area contributed by atoms with Crippen molar-refractivity contribution in [1.29, 1.82) is 0 Å². The Morgan fingerprint density at radius 3 is 2.28 bits per heavy atom. The quantitative estimate of drug-likeness (QED) is 0.805. The third kappa shape index (κ3) is 3.52. The van der Waals surface area contributed by atoms with Crippen molar-refractivity contribution in [2.45, 2.75) is 40.0 Å². The van der Waals surface area contributed by atoms with E-state index < -0.39 is 0 Å². The van der Waals surface area contributed by atoms with E-state index in [1.54, 1.807) is 0 Å². The second kappa shape index (κ2) is 5.79. The normalized spacial score (nSPS) is 11.4.